The molecule has 0 unspecified atom stereocenters. The van der Waals surface area contributed by atoms with Crippen LogP contribution in [0.5, 0.6) is 17.2 Å². The minimum Gasteiger partial charge on any atom is -0.506 e. The number of amides is 1. The third-order valence-electron chi connectivity index (χ3n) is 3.84. The van der Waals surface area contributed by atoms with Crippen molar-refractivity contribution in [3.8, 4) is 23.3 Å². The van der Waals surface area contributed by atoms with Crippen molar-refractivity contribution >= 4 is 23.2 Å². The third kappa shape index (κ3) is 5.56. The van der Waals surface area contributed by atoms with Crippen LogP contribution in [0, 0.1) is 11.3 Å². The number of aromatic hydroxyl groups is 1. The Morgan fingerprint density at radius 1 is 1.21 bits per heavy atom. The number of rotatable bonds is 8. The molecule has 0 aromatic heterocycles. The molecule has 0 fully saturated rings. The molecule has 1 amide bonds. The molecule has 0 atom stereocenters. The average Bonchev–Trinajstić information content (AvgIpc) is 2.70. The number of halogens is 1. The molecule has 2 aromatic rings. The Hall–Kier alpha value is -3.37. The number of nitriles is 1. The van der Waals surface area contributed by atoms with Crippen LogP contribution in [-0.2, 0) is 11.2 Å². The fourth-order valence-electron chi connectivity index (χ4n) is 2.37. The first kappa shape index (κ1) is 20.9. The van der Waals surface area contributed by atoms with Crippen molar-refractivity contribution in [1.29, 1.82) is 5.26 Å². The number of nitrogens with zero attached hydrogens (tertiary/aromatic N) is 1. The first-order valence-electron chi connectivity index (χ1n) is 8.33. The van der Waals surface area contributed by atoms with Crippen LogP contribution in [0.25, 0.3) is 0 Å². The summed E-state index contributed by atoms with van der Waals surface area (Å²) in [6.07, 6.45) is 1.77. The number of nitrogens with one attached hydrogen (secondary N) is 2. The van der Waals surface area contributed by atoms with Crippen molar-refractivity contribution in [3.05, 3.63) is 58.8 Å². The zero-order chi connectivity index (χ0) is 20.5. The first-order chi connectivity index (χ1) is 13.5. The highest BCUT2D eigenvalue weighted by molar-refractivity contribution is 6.30. The summed E-state index contributed by atoms with van der Waals surface area (Å²) in [7, 11) is 3.11. The van der Waals surface area contributed by atoms with E-state index in [0.29, 0.717) is 35.2 Å². The summed E-state index contributed by atoms with van der Waals surface area (Å²) in [6, 6.07) is 11.7. The Balaban J connectivity index is 1.95. The normalized spacial score (nSPS) is 10.7. The summed E-state index contributed by atoms with van der Waals surface area (Å²) in [5.74, 6) is 0.651. The van der Waals surface area contributed by atoms with E-state index >= 15 is 0 Å². The molecule has 0 saturated heterocycles. The van der Waals surface area contributed by atoms with Crippen LogP contribution in [-0.4, -0.2) is 31.8 Å². The van der Waals surface area contributed by atoms with Crippen LogP contribution < -0.4 is 20.1 Å². The maximum absolute atomic E-state index is 12.2. The molecule has 3 N–H and O–H groups in total. The molecule has 0 aliphatic carbocycles. The van der Waals surface area contributed by atoms with Gasteiger partial charge in [-0.15, -0.1) is 0 Å². The van der Waals surface area contributed by atoms with Gasteiger partial charge < -0.3 is 25.2 Å². The van der Waals surface area contributed by atoms with Crippen molar-refractivity contribution in [2.75, 3.05) is 26.1 Å². The van der Waals surface area contributed by atoms with Gasteiger partial charge in [0.05, 0.1) is 19.9 Å². The van der Waals surface area contributed by atoms with Crippen LogP contribution >= 0.6 is 11.6 Å². The van der Waals surface area contributed by atoms with E-state index in [1.54, 1.807) is 20.3 Å². The summed E-state index contributed by atoms with van der Waals surface area (Å²) >= 11 is 5.86. The Morgan fingerprint density at radius 3 is 2.64 bits per heavy atom. The van der Waals surface area contributed by atoms with Gasteiger partial charge in [-0.25, -0.2) is 0 Å². The number of benzene rings is 2. The van der Waals surface area contributed by atoms with E-state index in [1.807, 2.05) is 18.2 Å². The zero-order valence-corrected chi connectivity index (χ0v) is 16.2. The fraction of sp³-hybridized carbons (Fsp3) is 0.200. The molecule has 8 heteroatoms. The van der Waals surface area contributed by atoms with E-state index in [1.165, 1.54) is 24.4 Å². The first-order valence-corrected chi connectivity index (χ1v) is 8.70. The topological polar surface area (TPSA) is 104 Å². The summed E-state index contributed by atoms with van der Waals surface area (Å²) in [4.78, 5) is 12.2. The van der Waals surface area contributed by atoms with E-state index in [9.17, 15) is 15.2 Å². The Kier molecular flexibility index (Phi) is 7.55. The van der Waals surface area contributed by atoms with Gasteiger partial charge in [0.1, 0.15) is 17.4 Å². The highest BCUT2D eigenvalue weighted by Gasteiger charge is 2.10. The number of phenols is 1. The second-order valence-electron chi connectivity index (χ2n) is 5.67. The number of carbonyl (C=O) groups is 1. The van der Waals surface area contributed by atoms with Crippen LogP contribution in [0.1, 0.15) is 5.56 Å². The number of carbonyl (C=O) groups excluding carboxylic acids is 1. The van der Waals surface area contributed by atoms with Crippen molar-refractivity contribution in [3.63, 3.8) is 0 Å². The van der Waals surface area contributed by atoms with Gasteiger partial charge in [-0.1, -0.05) is 17.7 Å². The summed E-state index contributed by atoms with van der Waals surface area (Å²) in [5, 5.41) is 24.8. The molecular weight excluding hydrogens is 382 g/mol. The molecule has 0 aliphatic rings. The summed E-state index contributed by atoms with van der Waals surface area (Å²) in [6.45, 7) is 0.329. The van der Waals surface area contributed by atoms with Gasteiger partial charge in [-0.2, -0.15) is 5.26 Å². The maximum Gasteiger partial charge on any atom is 0.263 e. The standard InChI is InChI=1S/C20H20ClN3O4/c1-27-18-6-3-13(9-19(18)28-2)7-8-23-20(26)14(11-22)12-24-16-10-15(21)4-5-17(16)25/h3-6,9-10,12,24-25H,7-8H2,1-2H3,(H,23,26)/b14-12-. The molecule has 0 spiro atoms. The quantitative estimate of drug-likeness (QED) is 0.356. The van der Waals surface area contributed by atoms with Gasteiger partial charge in [0.15, 0.2) is 11.5 Å². The number of methoxy groups -OCH3 is 2. The molecule has 28 heavy (non-hydrogen) atoms. The minimum absolute atomic E-state index is 0.0493. The number of phenolic OH excluding ortho intramolecular Hbond substituents is 1. The highest BCUT2D eigenvalue weighted by Crippen LogP contribution is 2.28. The van der Waals surface area contributed by atoms with E-state index in [2.05, 4.69) is 10.6 Å². The molecule has 0 radical (unpaired) electrons. The van der Waals surface area contributed by atoms with Crippen LogP contribution in [0.15, 0.2) is 48.2 Å². The van der Waals surface area contributed by atoms with Crippen LogP contribution in [0.3, 0.4) is 0 Å². The average molecular weight is 402 g/mol. The molecule has 2 rings (SSSR count). The minimum atomic E-state index is -0.531. The van der Waals surface area contributed by atoms with Gasteiger partial charge in [0.25, 0.3) is 5.91 Å². The lowest BCUT2D eigenvalue weighted by molar-refractivity contribution is -0.117. The SMILES string of the molecule is COc1ccc(CCNC(=O)/C(C#N)=C\Nc2cc(Cl)ccc2O)cc1OC. The van der Waals surface area contributed by atoms with Crippen LogP contribution in [0.4, 0.5) is 5.69 Å². The maximum atomic E-state index is 12.2. The third-order valence-corrected chi connectivity index (χ3v) is 4.08. The van der Waals surface area contributed by atoms with Gasteiger partial charge in [-0.05, 0) is 42.3 Å². The molecule has 146 valence electrons. The zero-order valence-electron chi connectivity index (χ0n) is 15.5. The second-order valence-corrected chi connectivity index (χ2v) is 6.11. The monoisotopic (exact) mass is 401 g/mol. The summed E-state index contributed by atoms with van der Waals surface area (Å²) < 4.78 is 10.4. The Labute approximate surface area is 168 Å². The van der Waals surface area contributed by atoms with E-state index < -0.39 is 5.91 Å². The van der Waals surface area contributed by atoms with Crippen molar-refractivity contribution in [2.24, 2.45) is 0 Å². The molecule has 0 bridgehead atoms. The van der Waals surface area contributed by atoms with Gasteiger partial charge in [0, 0.05) is 17.8 Å². The Bertz CT molecular complexity index is 922. The predicted octanol–water partition coefficient (Wildman–Crippen LogP) is 3.24. The molecule has 7 nitrogen and oxygen atoms in total. The highest BCUT2D eigenvalue weighted by atomic mass is 35.5. The van der Waals surface area contributed by atoms with E-state index in [4.69, 9.17) is 21.1 Å². The van der Waals surface area contributed by atoms with E-state index in [-0.39, 0.29) is 11.3 Å². The van der Waals surface area contributed by atoms with Gasteiger partial charge >= 0.3 is 0 Å². The fourth-order valence-corrected chi connectivity index (χ4v) is 2.55. The second kappa shape index (κ2) is 10.1. The molecule has 0 saturated carbocycles. The largest absolute Gasteiger partial charge is 0.506 e. The van der Waals surface area contributed by atoms with Gasteiger partial charge in [0.2, 0.25) is 0 Å². The lowest BCUT2D eigenvalue weighted by Gasteiger charge is -2.10. The van der Waals surface area contributed by atoms with Gasteiger partial charge in [-0.3, -0.25) is 4.79 Å². The van der Waals surface area contributed by atoms with Crippen LogP contribution in [0.2, 0.25) is 5.02 Å². The van der Waals surface area contributed by atoms with Crippen molar-refractivity contribution in [1.82, 2.24) is 5.32 Å². The summed E-state index contributed by atoms with van der Waals surface area (Å²) in [5.41, 5.74) is 1.10. The smallest absolute Gasteiger partial charge is 0.263 e. The molecular formula is C20H20ClN3O4. The lowest BCUT2D eigenvalue weighted by atomic mass is 10.1. The Morgan fingerprint density at radius 2 is 1.96 bits per heavy atom. The van der Waals surface area contributed by atoms with Crippen molar-refractivity contribution < 1.29 is 19.4 Å². The predicted molar refractivity (Wildman–Crippen MR) is 107 cm³/mol. The van der Waals surface area contributed by atoms with E-state index in [0.717, 1.165) is 5.56 Å². The number of hydrogen-bond donors (Lipinski definition) is 3. The van der Waals surface area contributed by atoms with Crippen molar-refractivity contribution in [2.45, 2.75) is 6.42 Å². The lowest BCUT2D eigenvalue weighted by Crippen LogP contribution is -2.27. The molecule has 2 aromatic carbocycles. The number of ether oxygens (including phenoxy) is 2. The number of anilines is 1. The number of hydrogen-bond acceptors (Lipinski definition) is 6. The molecule has 0 heterocycles. The molecule has 0 aliphatic heterocycles.